The van der Waals surface area contributed by atoms with Crippen molar-refractivity contribution in [1.29, 1.82) is 0 Å². The van der Waals surface area contributed by atoms with Gasteiger partial charge in [0.1, 0.15) is 5.60 Å². The van der Waals surface area contributed by atoms with Crippen LogP contribution in [0.25, 0.3) is 10.8 Å². The minimum absolute atomic E-state index is 0.126. The van der Waals surface area contributed by atoms with Crippen LogP contribution in [0.1, 0.15) is 31.1 Å². The molecule has 1 N–H and O–H groups in total. The zero-order valence-electron chi connectivity index (χ0n) is 13.0. The summed E-state index contributed by atoms with van der Waals surface area (Å²) in [5.41, 5.74) is 0.658. The van der Waals surface area contributed by atoms with Crippen LogP contribution in [0.3, 0.4) is 0 Å². The second kappa shape index (κ2) is 6.02. The number of fused-ring (bicyclic) bond motifs is 1. The zero-order chi connectivity index (χ0) is 16.3. The van der Waals surface area contributed by atoms with E-state index < -0.39 is 11.7 Å². The number of carbonyl (C=O) groups excluding carboxylic acids is 2. The van der Waals surface area contributed by atoms with Crippen LogP contribution >= 0.6 is 0 Å². The Labute approximate surface area is 129 Å². The molecule has 2 aromatic rings. The summed E-state index contributed by atoms with van der Waals surface area (Å²) in [6, 6.07) is 10.8. The molecule has 0 atom stereocenters. The Morgan fingerprint density at radius 3 is 2.55 bits per heavy atom. The van der Waals surface area contributed by atoms with Crippen LogP contribution < -0.4 is 5.32 Å². The fraction of sp³-hybridized carbons (Fsp3) is 0.222. The normalized spacial score (nSPS) is 11.0. The molecule has 0 saturated heterocycles. The number of ketones is 1. The summed E-state index contributed by atoms with van der Waals surface area (Å²) in [6.07, 6.45) is 0.784. The molecule has 114 valence electrons. The largest absolute Gasteiger partial charge is 0.444 e. The van der Waals surface area contributed by atoms with Crippen LogP contribution in [-0.2, 0) is 4.74 Å². The Balaban J connectivity index is 2.30. The molecule has 0 radical (unpaired) electrons. The number of nitrogens with one attached hydrogen (secondary N) is 1. The maximum absolute atomic E-state index is 11.8. The number of hydrogen-bond donors (Lipinski definition) is 1. The van der Waals surface area contributed by atoms with Gasteiger partial charge in [0, 0.05) is 11.3 Å². The van der Waals surface area contributed by atoms with E-state index >= 15 is 0 Å². The zero-order valence-corrected chi connectivity index (χ0v) is 13.0. The average Bonchev–Trinajstić information content (AvgIpc) is 2.43. The number of hydrogen-bond acceptors (Lipinski definition) is 3. The Morgan fingerprint density at radius 2 is 1.91 bits per heavy atom. The molecule has 0 aliphatic rings. The first-order valence-corrected chi connectivity index (χ1v) is 7.00. The predicted octanol–water partition coefficient (Wildman–Crippen LogP) is 4.56. The fourth-order valence-corrected chi connectivity index (χ4v) is 2.11. The number of anilines is 1. The molecule has 0 aliphatic carbocycles. The first-order valence-electron chi connectivity index (χ1n) is 7.00. The number of benzene rings is 2. The monoisotopic (exact) mass is 297 g/mol. The lowest BCUT2D eigenvalue weighted by Crippen LogP contribution is -2.27. The smallest absolute Gasteiger partial charge is 0.412 e. The summed E-state index contributed by atoms with van der Waals surface area (Å²) in [7, 11) is 0. The fourth-order valence-electron chi connectivity index (χ4n) is 2.11. The number of rotatable bonds is 3. The third-order valence-corrected chi connectivity index (χ3v) is 2.98. The minimum atomic E-state index is -0.551. The molecule has 2 rings (SSSR count). The molecule has 2 aromatic carbocycles. The highest BCUT2D eigenvalue weighted by molar-refractivity contribution is 6.13. The van der Waals surface area contributed by atoms with Gasteiger partial charge in [-0.25, -0.2) is 4.79 Å². The second-order valence-corrected chi connectivity index (χ2v) is 5.94. The van der Waals surface area contributed by atoms with Crippen LogP contribution in [0.2, 0.25) is 0 Å². The Hall–Kier alpha value is -2.62. The van der Waals surface area contributed by atoms with E-state index in [1.807, 2.05) is 6.07 Å². The van der Waals surface area contributed by atoms with E-state index in [1.54, 1.807) is 51.1 Å². The molecular weight excluding hydrogens is 278 g/mol. The van der Waals surface area contributed by atoms with Gasteiger partial charge in [0.15, 0.2) is 5.78 Å². The van der Waals surface area contributed by atoms with E-state index in [-0.39, 0.29) is 5.78 Å². The lowest BCUT2D eigenvalue weighted by Gasteiger charge is -2.19. The van der Waals surface area contributed by atoms with Gasteiger partial charge >= 0.3 is 6.09 Å². The van der Waals surface area contributed by atoms with Crippen molar-refractivity contribution in [3.05, 3.63) is 54.6 Å². The highest BCUT2D eigenvalue weighted by atomic mass is 16.6. The lowest BCUT2D eigenvalue weighted by molar-refractivity contribution is 0.0636. The van der Waals surface area contributed by atoms with E-state index in [4.69, 9.17) is 4.74 Å². The molecule has 0 aliphatic heterocycles. The third-order valence-electron chi connectivity index (χ3n) is 2.98. The molecule has 0 spiro atoms. The first-order chi connectivity index (χ1) is 10.3. The van der Waals surface area contributed by atoms with Crippen molar-refractivity contribution < 1.29 is 14.3 Å². The number of allylic oxidation sites excluding steroid dienone is 1. The quantitative estimate of drug-likeness (QED) is 0.667. The van der Waals surface area contributed by atoms with Gasteiger partial charge < -0.3 is 4.74 Å². The molecule has 0 heterocycles. The molecule has 22 heavy (non-hydrogen) atoms. The summed E-state index contributed by atoms with van der Waals surface area (Å²) >= 11 is 0. The topological polar surface area (TPSA) is 55.4 Å². The van der Waals surface area contributed by atoms with Crippen molar-refractivity contribution >= 4 is 28.3 Å². The second-order valence-electron chi connectivity index (χ2n) is 5.94. The van der Waals surface area contributed by atoms with Crippen LogP contribution in [0.5, 0.6) is 0 Å². The molecule has 4 nitrogen and oxygen atoms in total. The van der Waals surface area contributed by atoms with Gasteiger partial charge in [-0.3, -0.25) is 10.1 Å². The van der Waals surface area contributed by atoms with Crippen LogP contribution in [0.15, 0.2) is 49.1 Å². The van der Waals surface area contributed by atoms with E-state index in [1.165, 1.54) is 6.08 Å². The van der Waals surface area contributed by atoms with Crippen molar-refractivity contribution in [2.24, 2.45) is 0 Å². The van der Waals surface area contributed by atoms with Crippen molar-refractivity contribution in [2.45, 2.75) is 26.4 Å². The summed E-state index contributed by atoms with van der Waals surface area (Å²) in [6.45, 7) is 8.93. The molecule has 0 bridgehead atoms. The standard InChI is InChI=1S/C18H19NO3/c1-5-16(20)15-8-6-7-12-11-13(9-10-14(12)15)19-17(21)22-18(2,3)4/h5-11H,1H2,2-4H3,(H,19,21). The van der Waals surface area contributed by atoms with E-state index in [0.717, 1.165) is 10.8 Å². The van der Waals surface area contributed by atoms with E-state index in [2.05, 4.69) is 11.9 Å². The van der Waals surface area contributed by atoms with Crippen LogP contribution in [-0.4, -0.2) is 17.5 Å². The highest BCUT2D eigenvalue weighted by Gasteiger charge is 2.16. The summed E-state index contributed by atoms with van der Waals surface area (Å²) < 4.78 is 5.22. The van der Waals surface area contributed by atoms with Crippen molar-refractivity contribution in [3.8, 4) is 0 Å². The van der Waals surface area contributed by atoms with Crippen LogP contribution in [0.4, 0.5) is 10.5 Å². The number of amides is 1. The summed E-state index contributed by atoms with van der Waals surface area (Å²) in [5, 5.41) is 4.37. The van der Waals surface area contributed by atoms with E-state index in [0.29, 0.717) is 11.3 Å². The molecule has 0 aromatic heterocycles. The molecule has 0 saturated carbocycles. The number of carbonyl (C=O) groups is 2. The van der Waals surface area contributed by atoms with Gasteiger partial charge in [0.2, 0.25) is 0 Å². The van der Waals surface area contributed by atoms with Gasteiger partial charge in [0.05, 0.1) is 0 Å². The Morgan fingerprint density at radius 1 is 1.18 bits per heavy atom. The molecule has 0 fully saturated rings. The van der Waals surface area contributed by atoms with Gasteiger partial charge in [0.25, 0.3) is 0 Å². The van der Waals surface area contributed by atoms with Crippen molar-refractivity contribution in [1.82, 2.24) is 0 Å². The highest BCUT2D eigenvalue weighted by Crippen LogP contribution is 2.23. The van der Waals surface area contributed by atoms with Crippen LogP contribution in [0, 0.1) is 0 Å². The third kappa shape index (κ3) is 3.73. The van der Waals surface area contributed by atoms with Crippen molar-refractivity contribution in [2.75, 3.05) is 5.32 Å². The summed E-state index contributed by atoms with van der Waals surface area (Å²) in [5.74, 6) is -0.126. The number of ether oxygens (including phenoxy) is 1. The molecule has 4 heteroatoms. The Bertz CT molecular complexity index is 742. The average molecular weight is 297 g/mol. The summed E-state index contributed by atoms with van der Waals surface area (Å²) in [4.78, 5) is 23.6. The molecular formula is C18H19NO3. The molecule has 0 unspecified atom stereocenters. The maximum Gasteiger partial charge on any atom is 0.412 e. The molecule has 1 amide bonds. The van der Waals surface area contributed by atoms with Crippen molar-refractivity contribution in [3.63, 3.8) is 0 Å². The van der Waals surface area contributed by atoms with Gasteiger partial charge in [-0.05, 0) is 49.8 Å². The Kier molecular flexibility index (Phi) is 4.31. The maximum atomic E-state index is 11.8. The SMILES string of the molecule is C=CC(=O)c1cccc2cc(NC(=O)OC(C)(C)C)ccc12. The van der Waals surface area contributed by atoms with Gasteiger partial charge in [-0.1, -0.05) is 30.8 Å². The lowest BCUT2D eigenvalue weighted by atomic mass is 10.0. The van der Waals surface area contributed by atoms with E-state index in [9.17, 15) is 9.59 Å². The van der Waals surface area contributed by atoms with Gasteiger partial charge in [-0.2, -0.15) is 0 Å². The minimum Gasteiger partial charge on any atom is -0.444 e. The first kappa shape index (κ1) is 15.8. The predicted molar refractivity (Wildman–Crippen MR) is 88.3 cm³/mol. The van der Waals surface area contributed by atoms with Gasteiger partial charge in [-0.15, -0.1) is 0 Å².